The lowest BCUT2D eigenvalue weighted by atomic mass is 10.2. The van der Waals surface area contributed by atoms with Gasteiger partial charge in [-0.1, -0.05) is 0 Å². The van der Waals surface area contributed by atoms with Gasteiger partial charge < -0.3 is 9.15 Å². The molecule has 13 heavy (non-hydrogen) atoms. The number of hydrogen-bond donors (Lipinski definition) is 0. The molecule has 0 radical (unpaired) electrons. The highest BCUT2D eigenvalue weighted by atomic mass is 16.5. The van der Waals surface area contributed by atoms with Crippen LogP contribution in [0, 0.1) is 0 Å². The molecule has 66 valence electrons. The minimum Gasteiger partial charge on any atom is -0.497 e. The van der Waals surface area contributed by atoms with E-state index < -0.39 is 5.76 Å². The van der Waals surface area contributed by atoms with Gasteiger partial charge in [0.25, 0.3) is 0 Å². The molecule has 0 atom stereocenters. The predicted octanol–water partition coefficient (Wildman–Crippen LogP) is 1.20. The minimum atomic E-state index is -0.597. The zero-order valence-electron chi connectivity index (χ0n) is 6.98. The van der Waals surface area contributed by atoms with Crippen molar-refractivity contribution in [2.75, 3.05) is 7.11 Å². The number of methoxy groups -OCH3 is 1. The maximum Gasteiger partial charge on any atom is 0.439 e. The first-order valence-corrected chi connectivity index (χ1v) is 3.73. The summed E-state index contributed by atoms with van der Waals surface area (Å²) in [5.74, 6) is 0.0580. The normalized spacial score (nSPS) is 10.2. The molecule has 0 N–H and O–H groups in total. The zero-order valence-corrected chi connectivity index (χ0v) is 6.98. The lowest BCUT2D eigenvalue weighted by Crippen LogP contribution is -2.01. The lowest BCUT2D eigenvalue weighted by molar-refractivity contribution is 0.413. The van der Waals surface area contributed by atoms with Gasteiger partial charge in [-0.2, -0.15) is 4.98 Å². The third kappa shape index (κ3) is 1.38. The van der Waals surface area contributed by atoms with Gasteiger partial charge in [0.05, 0.1) is 7.11 Å². The van der Waals surface area contributed by atoms with E-state index >= 15 is 0 Å². The van der Waals surface area contributed by atoms with E-state index in [9.17, 15) is 4.79 Å². The Kier molecular flexibility index (Phi) is 1.73. The van der Waals surface area contributed by atoms with Crippen molar-refractivity contribution in [3.63, 3.8) is 0 Å². The average molecular weight is 177 g/mol. The fourth-order valence-electron chi connectivity index (χ4n) is 1.08. The molecule has 1 heterocycles. The van der Waals surface area contributed by atoms with E-state index in [2.05, 4.69) is 4.98 Å². The number of rotatable bonds is 1. The van der Waals surface area contributed by atoms with Crippen molar-refractivity contribution >= 4 is 11.0 Å². The molecule has 0 aliphatic rings. The van der Waals surface area contributed by atoms with E-state index in [0.29, 0.717) is 11.3 Å². The van der Waals surface area contributed by atoms with Crippen LogP contribution in [-0.4, -0.2) is 12.1 Å². The molecule has 2 rings (SSSR count). The first-order chi connectivity index (χ1) is 6.29. The van der Waals surface area contributed by atoms with Crippen molar-refractivity contribution in [1.29, 1.82) is 0 Å². The van der Waals surface area contributed by atoms with Gasteiger partial charge in [-0.05, 0) is 12.1 Å². The quantitative estimate of drug-likeness (QED) is 0.656. The molecule has 0 fully saturated rings. The van der Waals surface area contributed by atoms with Crippen LogP contribution in [0.1, 0.15) is 0 Å². The van der Waals surface area contributed by atoms with E-state index in [1.807, 2.05) is 0 Å². The van der Waals surface area contributed by atoms with Crippen LogP contribution in [0.25, 0.3) is 11.0 Å². The van der Waals surface area contributed by atoms with Crippen LogP contribution >= 0.6 is 0 Å². The lowest BCUT2D eigenvalue weighted by Gasteiger charge is -1.99. The summed E-state index contributed by atoms with van der Waals surface area (Å²) in [5.41, 5.74) is 0.486. The van der Waals surface area contributed by atoms with E-state index in [0.717, 1.165) is 5.39 Å². The molecular formula is C9H7NO3. The molecule has 1 aromatic heterocycles. The Hall–Kier alpha value is -1.84. The number of aromatic nitrogens is 1. The molecule has 0 bridgehead atoms. The third-order valence-electron chi connectivity index (χ3n) is 1.73. The van der Waals surface area contributed by atoms with Crippen LogP contribution in [0.5, 0.6) is 5.75 Å². The Balaban J connectivity index is 2.75. The Morgan fingerprint density at radius 1 is 1.46 bits per heavy atom. The first kappa shape index (κ1) is 7.79. The zero-order chi connectivity index (χ0) is 9.26. The fraction of sp³-hybridized carbons (Fsp3) is 0.111. The summed E-state index contributed by atoms with van der Waals surface area (Å²) in [7, 11) is 1.56. The summed E-state index contributed by atoms with van der Waals surface area (Å²) in [4.78, 5) is 14.3. The van der Waals surface area contributed by atoms with Crippen molar-refractivity contribution in [3.05, 3.63) is 34.9 Å². The number of hydrogen-bond acceptors (Lipinski definition) is 4. The minimum absolute atomic E-state index is 0.486. The second-order valence-corrected chi connectivity index (χ2v) is 2.53. The Labute approximate surface area is 73.8 Å². The molecule has 0 aliphatic carbocycles. The van der Waals surface area contributed by atoms with Gasteiger partial charge in [-0.3, -0.25) is 0 Å². The molecule has 2 aromatic rings. The van der Waals surface area contributed by atoms with Gasteiger partial charge in [-0.25, -0.2) is 4.79 Å². The van der Waals surface area contributed by atoms with E-state index in [4.69, 9.17) is 9.15 Å². The first-order valence-electron chi connectivity index (χ1n) is 3.73. The largest absolute Gasteiger partial charge is 0.497 e. The molecule has 0 spiro atoms. The van der Waals surface area contributed by atoms with Gasteiger partial charge in [0, 0.05) is 17.6 Å². The maximum atomic E-state index is 10.8. The maximum absolute atomic E-state index is 10.8. The molecular weight excluding hydrogens is 170 g/mol. The summed E-state index contributed by atoms with van der Waals surface area (Å²) in [6.07, 6.45) is 1.47. The Morgan fingerprint density at radius 2 is 2.31 bits per heavy atom. The topological polar surface area (TPSA) is 52.3 Å². The number of benzene rings is 1. The standard InChI is InChI=1S/C9H7NO3/c1-12-7-3-2-6-5-10-9(11)13-8(6)4-7/h2-5H,1H3. The highest BCUT2D eigenvalue weighted by molar-refractivity contribution is 5.76. The molecule has 4 nitrogen and oxygen atoms in total. The molecule has 0 unspecified atom stereocenters. The van der Waals surface area contributed by atoms with Crippen LogP contribution in [0.15, 0.2) is 33.6 Å². The molecule has 0 aliphatic heterocycles. The molecule has 0 saturated carbocycles. The summed E-state index contributed by atoms with van der Waals surface area (Å²) in [6.45, 7) is 0. The summed E-state index contributed by atoms with van der Waals surface area (Å²) < 4.78 is 9.84. The van der Waals surface area contributed by atoms with Gasteiger partial charge in [0.15, 0.2) is 0 Å². The van der Waals surface area contributed by atoms with Crippen molar-refractivity contribution in [3.8, 4) is 5.75 Å². The van der Waals surface area contributed by atoms with Crippen LogP contribution in [0.3, 0.4) is 0 Å². The summed E-state index contributed by atoms with van der Waals surface area (Å²) in [6, 6.07) is 5.21. The third-order valence-corrected chi connectivity index (χ3v) is 1.73. The van der Waals surface area contributed by atoms with Crippen molar-refractivity contribution in [2.24, 2.45) is 0 Å². The van der Waals surface area contributed by atoms with Crippen LogP contribution in [0.4, 0.5) is 0 Å². The van der Waals surface area contributed by atoms with Crippen molar-refractivity contribution in [2.45, 2.75) is 0 Å². The number of nitrogens with zero attached hydrogens (tertiary/aromatic N) is 1. The Bertz CT molecular complexity index is 489. The highest BCUT2D eigenvalue weighted by Crippen LogP contribution is 2.17. The molecule has 4 heteroatoms. The summed E-state index contributed by atoms with van der Waals surface area (Å²) >= 11 is 0. The Morgan fingerprint density at radius 3 is 3.08 bits per heavy atom. The van der Waals surface area contributed by atoms with Crippen LogP contribution in [-0.2, 0) is 0 Å². The van der Waals surface area contributed by atoms with Gasteiger partial charge in [0.2, 0.25) is 0 Å². The molecule has 0 saturated heterocycles. The van der Waals surface area contributed by atoms with Gasteiger partial charge in [-0.15, -0.1) is 0 Å². The average Bonchev–Trinajstić information content (AvgIpc) is 2.16. The second kappa shape index (κ2) is 2.90. The monoisotopic (exact) mass is 177 g/mol. The number of ether oxygens (including phenoxy) is 1. The van der Waals surface area contributed by atoms with Crippen molar-refractivity contribution < 1.29 is 9.15 Å². The smallest absolute Gasteiger partial charge is 0.439 e. The predicted molar refractivity (Wildman–Crippen MR) is 46.8 cm³/mol. The van der Waals surface area contributed by atoms with Crippen molar-refractivity contribution in [1.82, 2.24) is 4.98 Å². The SMILES string of the molecule is COc1ccc2cnc(=O)oc2c1. The highest BCUT2D eigenvalue weighted by Gasteiger charge is 1.98. The van der Waals surface area contributed by atoms with E-state index in [1.54, 1.807) is 25.3 Å². The molecule has 0 amide bonds. The van der Waals surface area contributed by atoms with E-state index in [1.165, 1.54) is 6.20 Å². The van der Waals surface area contributed by atoms with Gasteiger partial charge in [0.1, 0.15) is 11.3 Å². The van der Waals surface area contributed by atoms with E-state index in [-0.39, 0.29) is 0 Å². The van der Waals surface area contributed by atoms with Crippen LogP contribution in [0.2, 0.25) is 0 Å². The summed E-state index contributed by atoms with van der Waals surface area (Å²) in [5, 5.41) is 0.778. The number of fused-ring (bicyclic) bond motifs is 1. The van der Waals surface area contributed by atoms with Gasteiger partial charge >= 0.3 is 5.76 Å². The van der Waals surface area contributed by atoms with Crippen LogP contribution < -0.4 is 10.5 Å². The second-order valence-electron chi connectivity index (χ2n) is 2.53. The molecule has 1 aromatic carbocycles. The fourth-order valence-corrected chi connectivity index (χ4v) is 1.08.